The number of aromatic nitrogens is 6. The lowest BCUT2D eigenvalue weighted by Crippen LogP contribution is -2.08. The van der Waals surface area contributed by atoms with Crippen LogP contribution in [0.25, 0.3) is 5.69 Å². The van der Waals surface area contributed by atoms with Crippen molar-refractivity contribution in [3.05, 3.63) is 48.0 Å². The van der Waals surface area contributed by atoms with Gasteiger partial charge in [0.25, 0.3) is 0 Å². The van der Waals surface area contributed by atoms with Crippen LogP contribution >= 0.6 is 0 Å². The molecular weight excluding hydrogens is 254 g/mol. The van der Waals surface area contributed by atoms with Gasteiger partial charge in [-0.1, -0.05) is 6.07 Å². The largest absolute Gasteiger partial charge is 0.377 e. The fraction of sp³-hybridized carbons (Fsp3) is 0.231. The monoisotopic (exact) mass is 269 g/mol. The fourth-order valence-corrected chi connectivity index (χ4v) is 2.03. The molecule has 20 heavy (non-hydrogen) atoms. The van der Waals surface area contributed by atoms with Crippen LogP contribution in [0, 0.1) is 6.92 Å². The molecule has 2 N–H and O–H groups in total. The predicted molar refractivity (Wildman–Crippen MR) is 74.5 cm³/mol. The number of H-pyrrole nitrogens is 1. The van der Waals surface area contributed by atoms with Crippen molar-refractivity contribution in [1.29, 1.82) is 0 Å². The van der Waals surface area contributed by atoms with Gasteiger partial charge in [0, 0.05) is 11.9 Å². The van der Waals surface area contributed by atoms with Crippen LogP contribution in [0.2, 0.25) is 0 Å². The summed E-state index contributed by atoms with van der Waals surface area (Å²) in [5.74, 6) is 0.753. The molecule has 0 aliphatic carbocycles. The number of anilines is 1. The molecule has 0 spiro atoms. The lowest BCUT2D eigenvalue weighted by Gasteiger charge is -2.14. The normalized spacial score (nSPS) is 12.3. The Balaban J connectivity index is 1.83. The number of nitrogens with zero attached hydrogens (tertiary/aromatic N) is 5. The number of rotatable bonds is 4. The zero-order valence-electron chi connectivity index (χ0n) is 11.3. The van der Waals surface area contributed by atoms with Crippen LogP contribution in [0.5, 0.6) is 0 Å². The minimum absolute atomic E-state index is 0.141. The number of benzene rings is 1. The molecule has 102 valence electrons. The number of nitrogens with one attached hydrogen (secondary N) is 2. The van der Waals surface area contributed by atoms with Gasteiger partial charge in [-0.05, 0) is 48.5 Å². The van der Waals surface area contributed by atoms with Gasteiger partial charge in [0.2, 0.25) is 0 Å². The first kappa shape index (κ1) is 12.3. The third-order valence-electron chi connectivity index (χ3n) is 3.09. The topological polar surface area (TPSA) is 84.3 Å². The number of hydrogen-bond donors (Lipinski definition) is 2. The van der Waals surface area contributed by atoms with Crippen molar-refractivity contribution < 1.29 is 0 Å². The molecule has 0 saturated carbocycles. The Morgan fingerprint density at radius 1 is 1.30 bits per heavy atom. The van der Waals surface area contributed by atoms with Crippen LogP contribution in [0.3, 0.4) is 0 Å². The van der Waals surface area contributed by atoms with E-state index in [0.29, 0.717) is 0 Å². The van der Waals surface area contributed by atoms with E-state index in [1.54, 1.807) is 10.9 Å². The summed E-state index contributed by atoms with van der Waals surface area (Å²) in [5, 5.41) is 21.8. The summed E-state index contributed by atoms with van der Waals surface area (Å²) >= 11 is 0. The Hall–Kier alpha value is -2.70. The summed E-state index contributed by atoms with van der Waals surface area (Å²) in [6, 6.07) is 10.1. The van der Waals surface area contributed by atoms with Crippen molar-refractivity contribution in [3.8, 4) is 5.69 Å². The lowest BCUT2D eigenvalue weighted by molar-refractivity contribution is 0.778. The molecular formula is C13H15N7. The van der Waals surface area contributed by atoms with Crippen LogP contribution in [0.4, 0.5) is 5.69 Å². The van der Waals surface area contributed by atoms with Crippen molar-refractivity contribution in [2.75, 3.05) is 5.32 Å². The zero-order chi connectivity index (χ0) is 13.9. The molecule has 7 nitrogen and oxygen atoms in total. The molecule has 0 fully saturated rings. The maximum Gasteiger partial charge on any atom is 0.153 e. The van der Waals surface area contributed by atoms with Gasteiger partial charge in [0.05, 0.1) is 17.4 Å². The maximum atomic E-state index is 3.97. The highest BCUT2D eigenvalue weighted by Crippen LogP contribution is 2.20. The van der Waals surface area contributed by atoms with Gasteiger partial charge in [0.1, 0.15) is 0 Å². The zero-order valence-corrected chi connectivity index (χ0v) is 11.3. The second kappa shape index (κ2) is 5.12. The SMILES string of the molecule is Cc1nnnn1-c1cccc(NC(C)c2ccn[nH]2)c1. The lowest BCUT2D eigenvalue weighted by atomic mass is 10.2. The molecule has 0 bridgehead atoms. The second-order valence-electron chi connectivity index (χ2n) is 4.57. The first-order valence-corrected chi connectivity index (χ1v) is 6.35. The Morgan fingerprint density at radius 3 is 2.90 bits per heavy atom. The van der Waals surface area contributed by atoms with Crippen molar-refractivity contribution in [1.82, 2.24) is 30.4 Å². The van der Waals surface area contributed by atoms with Gasteiger partial charge in [-0.15, -0.1) is 5.10 Å². The van der Waals surface area contributed by atoms with Crippen LogP contribution in [-0.2, 0) is 0 Å². The van der Waals surface area contributed by atoms with E-state index in [4.69, 9.17) is 0 Å². The summed E-state index contributed by atoms with van der Waals surface area (Å²) in [7, 11) is 0. The maximum absolute atomic E-state index is 3.97. The highest BCUT2D eigenvalue weighted by Gasteiger charge is 2.08. The standard InChI is InChI=1S/C13H15N7/c1-9(13-6-7-14-17-13)15-11-4-3-5-12(8-11)20-10(2)16-18-19-20/h3-9,15H,1-2H3,(H,14,17). The van der Waals surface area contributed by atoms with Crippen LogP contribution < -0.4 is 5.32 Å². The van der Waals surface area contributed by atoms with Crippen LogP contribution in [-0.4, -0.2) is 30.4 Å². The molecule has 1 unspecified atom stereocenters. The minimum atomic E-state index is 0.141. The van der Waals surface area contributed by atoms with Crippen molar-refractivity contribution in [2.24, 2.45) is 0 Å². The third kappa shape index (κ3) is 2.37. The third-order valence-corrected chi connectivity index (χ3v) is 3.09. The van der Waals surface area contributed by atoms with Crippen molar-refractivity contribution >= 4 is 5.69 Å². The molecule has 7 heteroatoms. The summed E-state index contributed by atoms with van der Waals surface area (Å²) in [4.78, 5) is 0. The summed E-state index contributed by atoms with van der Waals surface area (Å²) < 4.78 is 1.70. The smallest absolute Gasteiger partial charge is 0.153 e. The van der Waals surface area contributed by atoms with E-state index in [9.17, 15) is 0 Å². The van der Waals surface area contributed by atoms with Gasteiger partial charge >= 0.3 is 0 Å². The summed E-state index contributed by atoms with van der Waals surface area (Å²) in [6.07, 6.45) is 1.74. The van der Waals surface area contributed by atoms with Crippen LogP contribution in [0.1, 0.15) is 24.5 Å². The molecule has 0 saturated heterocycles. The van der Waals surface area contributed by atoms with E-state index in [-0.39, 0.29) is 6.04 Å². The highest BCUT2D eigenvalue weighted by atomic mass is 15.5. The summed E-state index contributed by atoms with van der Waals surface area (Å²) in [6.45, 7) is 3.94. The highest BCUT2D eigenvalue weighted by molar-refractivity contribution is 5.51. The molecule has 3 rings (SSSR count). The molecule has 0 radical (unpaired) electrons. The Kier molecular flexibility index (Phi) is 3.16. The van der Waals surface area contributed by atoms with Gasteiger partial charge in [0.15, 0.2) is 5.82 Å². The van der Waals surface area contributed by atoms with Gasteiger partial charge < -0.3 is 5.32 Å². The summed E-state index contributed by atoms with van der Waals surface area (Å²) in [5.41, 5.74) is 2.96. The van der Waals surface area contributed by atoms with E-state index in [1.807, 2.05) is 37.3 Å². The minimum Gasteiger partial charge on any atom is -0.377 e. The van der Waals surface area contributed by atoms with E-state index in [2.05, 4.69) is 38.0 Å². The molecule has 1 aromatic carbocycles. The Bertz CT molecular complexity index is 686. The van der Waals surface area contributed by atoms with Gasteiger partial charge in [-0.3, -0.25) is 5.10 Å². The van der Waals surface area contributed by atoms with Crippen LogP contribution in [0.15, 0.2) is 36.5 Å². The Labute approximate surface area is 116 Å². The second-order valence-corrected chi connectivity index (χ2v) is 4.57. The quantitative estimate of drug-likeness (QED) is 0.755. The molecule has 0 aliphatic heterocycles. The van der Waals surface area contributed by atoms with E-state index >= 15 is 0 Å². The molecule has 2 heterocycles. The molecule has 3 aromatic rings. The first-order valence-electron chi connectivity index (χ1n) is 6.35. The number of tetrazole rings is 1. The number of hydrogen-bond acceptors (Lipinski definition) is 5. The Morgan fingerprint density at radius 2 is 2.20 bits per heavy atom. The van der Waals surface area contributed by atoms with Gasteiger partial charge in [-0.25, -0.2) is 0 Å². The average molecular weight is 269 g/mol. The van der Waals surface area contributed by atoms with Crippen molar-refractivity contribution in [2.45, 2.75) is 19.9 Å². The fourth-order valence-electron chi connectivity index (χ4n) is 2.03. The van der Waals surface area contributed by atoms with E-state index in [1.165, 1.54) is 0 Å². The molecule has 0 aliphatic rings. The number of aryl methyl sites for hydroxylation is 1. The van der Waals surface area contributed by atoms with E-state index < -0.39 is 0 Å². The molecule has 1 atom stereocenters. The number of aromatic amines is 1. The predicted octanol–water partition coefficient (Wildman–Crippen LogP) is 1.87. The molecule has 2 aromatic heterocycles. The van der Waals surface area contributed by atoms with E-state index in [0.717, 1.165) is 22.9 Å². The first-order chi connectivity index (χ1) is 9.74. The van der Waals surface area contributed by atoms with Gasteiger partial charge in [-0.2, -0.15) is 9.78 Å². The molecule has 0 amide bonds. The average Bonchev–Trinajstić information content (AvgIpc) is 3.10. The van der Waals surface area contributed by atoms with Crippen molar-refractivity contribution in [3.63, 3.8) is 0 Å².